The van der Waals surface area contributed by atoms with Gasteiger partial charge < -0.3 is 9.47 Å². The molecule has 3 aromatic rings. The fourth-order valence-electron chi connectivity index (χ4n) is 5.84. The second-order valence-electron chi connectivity index (χ2n) is 10.9. The Kier molecular flexibility index (Phi) is 8.99. The van der Waals surface area contributed by atoms with Crippen LogP contribution in [-0.2, 0) is 20.4 Å². The number of carbonyl (C=O) groups is 1. The van der Waals surface area contributed by atoms with Gasteiger partial charge in [-0.2, -0.15) is 0 Å². The van der Waals surface area contributed by atoms with Crippen LogP contribution in [0.3, 0.4) is 0 Å². The number of hydrogen-bond donors (Lipinski definition) is 0. The van der Waals surface area contributed by atoms with Crippen LogP contribution >= 0.6 is 0 Å². The average Bonchev–Trinajstić information content (AvgIpc) is 3.42. The smallest absolute Gasteiger partial charge is 0.345 e. The highest BCUT2D eigenvalue weighted by atomic mass is 32.2. The molecule has 0 amide bonds. The van der Waals surface area contributed by atoms with Crippen LogP contribution in [0.5, 0.6) is 5.75 Å². The fourth-order valence-corrected chi connectivity index (χ4v) is 8.10. The molecule has 2 fully saturated rings. The van der Waals surface area contributed by atoms with E-state index in [1.165, 1.54) is 46.8 Å². The van der Waals surface area contributed by atoms with Crippen molar-refractivity contribution in [3.05, 3.63) is 83.9 Å². The minimum absolute atomic E-state index is 0.100. The van der Waals surface area contributed by atoms with Crippen LogP contribution in [-0.4, -0.2) is 18.2 Å². The highest BCUT2D eigenvalue weighted by Gasteiger charge is 2.36. The topological polar surface area (TPSA) is 35.5 Å². The standard InChI is InChI=1S/C35H39O3S/c1-27-24-32(39(30-16-8-4-9-17-30)31-18-10-5-11-19-31)25-28(2)34(27)37-26-33(36)38-35(21-12-13-22-35)23-20-29-14-6-3-7-15-29/h4-5,8-11,16-19,24-25,29H,3,6-7,12-15,21-22,26H2,1-2H3/q+1. The number of esters is 1. The molecule has 0 aromatic heterocycles. The summed E-state index contributed by atoms with van der Waals surface area (Å²) in [4.78, 5) is 16.8. The summed E-state index contributed by atoms with van der Waals surface area (Å²) < 4.78 is 12.1. The van der Waals surface area contributed by atoms with Gasteiger partial charge in [-0.15, -0.1) is 0 Å². The predicted octanol–water partition coefficient (Wildman–Crippen LogP) is 8.22. The predicted molar refractivity (Wildman–Crippen MR) is 158 cm³/mol. The Morgan fingerprint density at radius 1 is 0.821 bits per heavy atom. The molecular weight excluding hydrogens is 500 g/mol. The third-order valence-corrected chi connectivity index (χ3v) is 9.99. The fraction of sp³-hybridized carbons (Fsp3) is 0.400. The largest absolute Gasteiger partial charge is 0.481 e. The molecule has 202 valence electrons. The summed E-state index contributed by atoms with van der Waals surface area (Å²) in [5, 5.41) is 0. The Bertz CT molecular complexity index is 1250. The number of benzene rings is 3. The molecule has 0 bridgehead atoms. The van der Waals surface area contributed by atoms with Crippen molar-refractivity contribution in [2.24, 2.45) is 5.92 Å². The van der Waals surface area contributed by atoms with E-state index < -0.39 is 5.60 Å². The molecule has 0 N–H and O–H groups in total. The Morgan fingerprint density at radius 2 is 1.38 bits per heavy atom. The first-order valence-electron chi connectivity index (χ1n) is 14.4. The number of hydrogen-bond acceptors (Lipinski definition) is 3. The van der Waals surface area contributed by atoms with E-state index in [2.05, 4.69) is 98.5 Å². The van der Waals surface area contributed by atoms with Crippen LogP contribution in [0, 0.1) is 31.6 Å². The Balaban J connectivity index is 1.30. The first-order chi connectivity index (χ1) is 19.0. The first-order valence-corrected chi connectivity index (χ1v) is 15.6. The summed E-state index contributed by atoms with van der Waals surface area (Å²) >= 11 is 0. The zero-order valence-electron chi connectivity index (χ0n) is 23.2. The van der Waals surface area contributed by atoms with Gasteiger partial charge in [0.1, 0.15) is 5.75 Å². The molecule has 0 heterocycles. The minimum atomic E-state index is -0.633. The van der Waals surface area contributed by atoms with Crippen molar-refractivity contribution in [2.45, 2.75) is 91.9 Å². The van der Waals surface area contributed by atoms with Crippen LogP contribution in [0.25, 0.3) is 0 Å². The zero-order chi connectivity index (χ0) is 27.1. The van der Waals surface area contributed by atoms with Gasteiger partial charge in [-0.05, 0) is 87.8 Å². The molecule has 2 saturated carbocycles. The molecule has 0 radical (unpaired) electrons. The summed E-state index contributed by atoms with van der Waals surface area (Å²) in [5.41, 5.74) is 1.41. The summed E-state index contributed by atoms with van der Waals surface area (Å²) in [5.74, 6) is 7.78. The Hall–Kier alpha value is -3.16. The SMILES string of the molecule is Cc1cc([S+](c2ccccc2)c2ccccc2)cc(C)c1OCC(=O)OC1(C#CC2CCCCC2)CCCC1. The highest BCUT2D eigenvalue weighted by Crippen LogP contribution is 2.36. The van der Waals surface area contributed by atoms with Gasteiger partial charge in [0, 0.05) is 18.1 Å². The molecule has 3 nitrogen and oxygen atoms in total. The van der Waals surface area contributed by atoms with Gasteiger partial charge in [0.15, 0.2) is 26.9 Å². The third kappa shape index (κ3) is 6.89. The minimum Gasteiger partial charge on any atom is -0.481 e. The number of carbonyl (C=O) groups excluding carboxylic acids is 1. The van der Waals surface area contributed by atoms with Crippen molar-refractivity contribution in [3.8, 4) is 17.6 Å². The lowest BCUT2D eigenvalue weighted by molar-refractivity contribution is -0.156. The zero-order valence-corrected chi connectivity index (χ0v) is 24.0. The van der Waals surface area contributed by atoms with Crippen molar-refractivity contribution >= 4 is 16.9 Å². The van der Waals surface area contributed by atoms with Crippen LogP contribution in [0.1, 0.15) is 68.9 Å². The van der Waals surface area contributed by atoms with E-state index in [4.69, 9.17) is 9.47 Å². The average molecular weight is 540 g/mol. The van der Waals surface area contributed by atoms with Crippen molar-refractivity contribution in [3.63, 3.8) is 0 Å². The summed E-state index contributed by atoms with van der Waals surface area (Å²) in [6.07, 6.45) is 9.93. The quantitative estimate of drug-likeness (QED) is 0.172. The molecule has 3 aromatic carbocycles. The lowest BCUT2D eigenvalue weighted by Gasteiger charge is -2.24. The van der Waals surface area contributed by atoms with Gasteiger partial charge >= 0.3 is 5.97 Å². The van der Waals surface area contributed by atoms with Crippen molar-refractivity contribution < 1.29 is 14.3 Å². The number of ether oxygens (including phenoxy) is 2. The Labute approximate surface area is 236 Å². The van der Waals surface area contributed by atoms with Crippen molar-refractivity contribution in [2.75, 3.05) is 6.61 Å². The normalized spacial score (nSPS) is 16.9. The van der Waals surface area contributed by atoms with E-state index in [1.807, 2.05) is 0 Å². The van der Waals surface area contributed by atoms with Crippen LogP contribution in [0.2, 0.25) is 0 Å². The molecule has 0 atom stereocenters. The van der Waals surface area contributed by atoms with Crippen LogP contribution in [0.15, 0.2) is 87.5 Å². The second-order valence-corrected chi connectivity index (χ2v) is 12.9. The summed E-state index contributed by atoms with van der Waals surface area (Å²) in [7, 11) is -0.232. The number of aryl methyl sites for hydroxylation is 2. The molecular formula is C35H39O3S+. The molecule has 0 saturated heterocycles. The van der Waals surface area contributed by atoms with Gasteiger partial charge in [0.2, 0.25) is 0 Å². The molecule has 2 aliphatic carbocycles. The van der Waals surface area contributed by atoms with Gasteiger partial charge in [0.25, 0.3) is 0 Å². The molecule has 0 aliphatic heterocycles. The van der Waals surface area contributed by atoms with E-state index in [0.717, 1.165) is 42.6 Å². The van der Waals surface area contributed by atoms with Crippen LogP contribution in [0.4, 0.5) is 0 Å². The van der Waals surface area contributed by atoms with E-state index in [0.29, 0.717) is 5.92 Å². The van der Waals surface area contributed by atoms with Gasteiger partial charge in [-0.25, -0.2) is 4.79 Å². The maximum atomic E-state index is 13.0. The van der Waals surface area contributed by atoms with E-state index in [-0.39, 0.29) is 23.5 Å². The van der Waals surface area contributed by atoms with E-state index >= 15 is 0 Å². The molecule has 2 aliphatic rings. The van der Waals surface area contributed by atoms with E-state index in [9.17, 15) is 4.79 Å². The van der Waals surface area contributed by atoms with Gasteiger partial charge in [0.05, 0.1) is 10.9 Å². The lowest BCUT2D eigenvalue weighted by atomic mass is 9.89. The highest BCUT2D eigenvalue weighted by molar-refractivity contribution is 7.97. The second kappa shape index (κ2) is 12.8. The first kappa shape index (κ1) is 27.4. The summed E-state index contributed by atoms with van der Waals surface area (Å²) in [6.45, 7) is 4.02. The summed E-state index contributed by atoms with van der Waals surface area (Å²) in [6, 6.07) is 25.7. The van der Waals surface area contributed by atoms with Crippen molar-refractivity contribution in [1.29, 1.82) is 0 Å². The maximum Gasteiger partial charge on any atom is 0.345 e. The van der Waals surface area contributed by atoms with Crippen LogP contribution < -0.4 is 4.74 Å². The van der Waals surface area contributed by atoms with Gasteiger partial charge in [-0.1, -0.05) is 67.5 Å². The molecule has 5 rings (SSSR count). The third-order valence-electron chi connectivity index (χ3n) is 7.79. The molecule has 4 heteroatoms. The Morgan fingerprint density at radius 3 is 1.95 bits per heavy atom. The monoisotopic (exact) mass is 539 g/mol. The van der Waals surface area contributed by atoms with E-state index in [1.54, 1.807) is 0 Å². The van der Waals surface area contributed by atoms with Crippen molar-refractivity contribution in [1.82, 2.24) is 0 Å². The number of rotatable bonds is 7. The molecule has 0 spiro atoms. The molecule has 0 unspecified atom stereocenters. The van der Waals surface area contributed by atoms with Gasteiger partial charge in [-0.3, -0.25) is 0 Å². The molecule has 39 heavy (non-hydrogen) atoms. The maximum absolute atomic E-state index is 13.0. The lowest BCUT2D eigenvalue weighted by Crippen LogP contribution is -2.33.